The number of hydrogen-bond acceptors (Lipinski definition) is 3. The Kier molecular flexibility index (Phi) is 8.63. The standard InChI is InChI=1S/C57H44N2O/c1-57(2)48-24-12-22-42(53(48)47-34-40-17-6-7-18-41(40)35-49(47)57)38-29-26-36(27-30-38)28-32-50(59-56(58)39-15-4-3-5-16-39)45-21-11-10-20-44(45)46-23-13-25-51-55(46)54-43-19-9-8-14-37(43)31-33-52(54)60-51/h3-35,50,56,59H,58H2,1-2H3/b32-28+. The highest BCUT2D eigenvalue weighted by atomic mass is 16.3. The molecule has 0 spiro atoms. The Morgan fingerprint density at radius 1 is 0.533 bits per heavy atom. The van der Waals surface area contributed by atoms with Gasteiger partial charge in [0.05, 0.1) is 12.2 Å². The first-order valence-electron chi connectivity index (χ1n) is 20.9. The summed E-state index contributed by atoms with van der Waals surface area (Å²) in [4.78, 5) is 0. The van der Waals surface area contributed by atoms with Crippen LogP contribution in [-0.2, 0) is 5.41 Å². The summed E-state index contributed by atoms with van der Waals surface area (Å²) >= 11 is 0. The average Bonchev–Trinajstić information content (AvgIpc) is 3.79. The summed E-state index contributed by atoms with van der Waals surface area (Å²) in [6.45, 7) is 4.71. The van der Waals surface area contributed by atoms with Crippen LogP contribution in [0.5, 0.6) is 0 Å². The lowest BCUT2D eigenvalue weighted by molar-refractivity contribution is 0.510. The van der Waals surface area contributed by atoms with Gasteiger partial charge in [-0.05, 0) is 107 Å². The van der Waals surface area contributed by atoms with Gasteiger partial charge in [-0.2, -0.15) is 0 Å². The molecule has 3 N–H and O–H groups in total. The highest BCUT2D eigenvalue weighted by Gasteiger charge is 2.37. The van der Waals surface area contributed by atoms with Crippen LogP contribution in [0.3, 0.4) is 0 Å². The van der Waals surface area contributed by atoms with Crippen molar-refractivity contribution in [3.05, 3.63) is 222 Å². The number of hydrogen-bond donors (Lipinski definition) is 2. The van der Waals surface area contributed by atoms with E-state index in [9.17, 15) is 0 Å². The quantitative estimate of drug-likeness (QED) is 0.151. The summed E-state index contributed by atoms with van der Waals surface area (Å²) in [5, 5.41) is 11.0. The van der Waals surface area contributed by atoms with Crippen LogP contribution in [0.4, 0.5) is 0 Å². The van der Waals surface area contributed by atoms with Crippen molar-refractivity contribution in [3.63, 3.8) is 0 Å². The second kappa shape index (κ2) is 14.4. The third-order valence-electron chi connectivity index (χ3n) is 12.8. The third kappa shape index (κ3) is 5.97. The Hall–Kier alpha value is -7.04. The van der Waals surface area contributed by atoms with Crippen molar-refractivity contribution < 1.29 is 4.42 Å². The molecule has 0 amide bonds. The molecular formula is C57H44N2O. The molecule has 3 nitrogen and oxygen atoms in total. The number of rotatable bonds is 8. The van der Waals surface area contributed by atoms with Gasteiger partial charge in [0.15, 0.2) is 0 Å². The van der Waals surface area contributed by atoms with Crippen LogP contribution in [-0.4, -0.2) is 0 Å². The third-order valence-corrected chi connectivity index (χ3v) is 12.8. The maximum Gasteiger partial charge on any atom is 0.136 e. The van der Waals surface area contributed by atoms with E-state index in [2.05, 4.69) is 201 Å². The van der Waals surface area contributed by atoms with Crippen LogP contribution in [0.25, 0.3) is 82.9 Å². The minimum atomic E-state index is -0.393. The summed E-state index contributed by atoms with van der Waals surface area (Å²) in [5.74, 6) is 0. The van der Waals surface area contributed by atoms with E-state index in [-0.39, 0.29) is 11.5 Å². The molecule has 0 fully saturated rings. The van der Waals surface area contributed by atoms with Crippen LogP contribution < -0.4 is 11.1 Å². The van der Waals surface area contributed by atoms with Crippen LogP contribution >= 0.6 is 0 Å². The molecule has 9 aromatic carbocycles. The van der Waals surface area contributed by atoms with Gasteiger partial charge in [-0.1, -0.05) is 190 Å². The lowest BCUT2D eigenvalue weighted by atomic mass is 9.81. The van der Waals surface area contributed by atoms with E-state index in [0.717, 1.165) is 49.8 Å². The first kappa shape index (κ1) is 36.1. The highest BCUT2D eigenvalue weighted by molar-refractivity contribution is 6.22. The fourth-order valence-corrected chi connectivity index (χ4v) is 9.72. The monoisotopic (exact) mass is 772 g/mol. The molecule has 0 saturated carbocycles. The highest BCUT2D eigenvalue weighted by Crippen LogP contribution is 2.53. The zero-order valence-electron chi connectivity index (χ0n) is 33.7. The Bertz CT molecular complexity index is 3280. The number of nitrogens with two attached hydrogens (primary N) is 1. The SMILES string of the molecule is CC1(C)c2cc3ccccc3cc2-c2c(-c3ccc(/C=C/C(NC(N)c4ccccc4)c4ccccc4-c4cccc5oc6ccc7ccccc7c6c45)cc3)cccc21. The summed E-state index contributed by atoms with van der Waals surface area (Å²) < 4.78 is 6.51. The van der Waals surface area contributed by atoms with Gasteiger partial charge < -0.3 is 10.2 Å². The van der Waals surface area contributed by atoms with Crippen LogP contribution in [0.2, 0.25) is 0 Å². The minimum absolute atomic E-state index is 0.0870. The Morgan fingerprint density at radius 2 is 1.20 bits per heavy atom. The van der Waals surface area contributed by atoms with Gasteiger partial charge in [-0.3, -0.25) is 5.32 Å². The van der Waals surface area contributed by atoms with Gasteiger partial charge in [0.25, 0.3) is 0 Å². The summed E-state index contributed by atoms with van der Waals surface area (Å²) in [5.41, 5.74) is 22.1. The molecule has 0 saturated heterocycles. The van der Waals surface area contributed by atoms with Crippen molar-refractivity contribution in [3.8, 4) is 33.4 Å². The molecule has 60 heavy (non-hydrogen) atoms. The smallest absolute Gasteiger partial charge is 0.136 e. The van der Waals surface area contributed by atoms with E-state index in [4.69, 9.17) is 10.2 Å². The second-order valence-electron chi connectivity index (χ2n) is 16.6. The number of nitrogens with one attached hydrogen (secondary N) is 1. The van der Waals surface area contributed by atoms with E-state index in [1.807, 2.05) is 18.2 Å². The van der Waals surface area contributed by atoms with Crippen molar-refractivity contribution in [2.75, 3.05) is 0 Å². The Balaban J connectivity index is 0.993. The maximum absolute atomic E-state index is 6.95. The average molecular weight is 773 g/mol. The van der Waals surface area contributed by atoms with Gasteiger partial charge in [0.1, 0.15) is 11.2 Å². The van der Waals surface area contributed by atoms with Crippen LogP contribution in [0, 0.1) is 0 Å². The molecule has 0 aliphatic heterocycles. The molecule has 2 atom stereocenters. The van der Waals surface area contributed by atoms with E-state index in [0.29, 0.717) is 0 Å². The molecule has 288 valence electrons. The van der Waals surface area contributed by atoms with E-state index in [1.165, 1.54) is 54.9 Å². The largest absolute Gasteiger partial charge is 0.456 e. The molecule has 1 aromatic heterocycles. The zero-order chi connectivity index (χ0) is 40.4. The van der Waals surface area contributed by atoms with Crippen molar-refractivity contribution in [1.82, 2.24) is 5.32 Å². The summed E-state index contributed by atoms with van der Waals surface area (Å²) in [6.07, 6.45) is 4.08. The molecule has 3 heteroatoms. The second-order valence-corrected chi connectivity index (χ2v) is 16.6. The number of benzene rings is 9. The predicted molar refractivity (Wildman–Crippen MR) is 252 cm³/mol. The molecule has 0 radical (unpaired) electrons. The van der Waals surface area contributed by atoms with Crippen LogP contribution in [0.1, 0.15) is 53.9 Å². The first-order valence-corrected chi connectivity index (χ1v) is 20.9. The summed E-state index contributed by atoms with van der Waals surface area (Å²) in [7, 11) is 0. The van der Waals surface area contributed by atoms with Gasteiger partial charge >= 0.3 is 0 Å². The zero-order valence-corrected chi connectivity index (χ0v) is 33.7. The fraction of sp³-hybridized carbons (Fsp3) is 0.0877. The number of fused-ring (bicyclic) bond motifs is 9. The van der Waals surface area contributed by atoms with E-state index in [1.54, 1.807) is 0 Å². The van der Waals surface area contributed by atoms with E-state index >= 15 is 0 Å². The molecule has 1 aliphatic rings. The summed E-state index contributed by atoms with van der Waals surface area (Å²) in [6, 6.07) is 67.2. The van der Waals surface area contributed by atoms with Crippen molar-refractivity contribution in [1.29, 1.82) is 0 Å². The Morgan fingerprint density at radius 3 is 2.03 bits per heavy atom. The Labute approximate surface area is 350 Å². The molecular weight excluding hydrogens is 729 g/mol. The van der Waals surface area contributed by atoms with Crippen molar-refractivity contribution >= 4 is 49.6 Å². The maximum atomic E-state index is 6.95. The predicted octanol–water partition coefficient (Wildman–Crippen LogP) is 14.5. The molecule has 1 aliphatic carbocycles. The molecule has 11 rings (SSSR count). The molecule has 2 unspecified atom stereocenters. The minimum Gasteiger partial charge on any atom is -0.456 e. The van der Waals surface area contributed by atoms with Crippen LogP contribution in [0.15, 0.2) is 199 Å². The lowest BCUT2D eigenvalue weighted by Crippen LogP contribution is -2.31. The van der Waals surface area contributed by atoms with Gasteiger partial charge in [-0.15, -0.1) is 0 Å². The molecule has 0 bridgehead atoms. The molecule has 1 heterocycles. The van der Waals surface area contributed by atoms with Gasteiger partial charge in [0.2, 0.25) is 0 Å². The first-order chi connectivity index (χ1) is 29.4. The fourth-order valence-electron chi connectivity index (χ4n) is 9.72. The van der Waals surface area contributed by atoms with Crippen molar-refractivity contribution in [2.45, 2.75) is 31.5 Å². The normalized spacial score (nSPS) is 14.2. The van der Waals surface area contributed by atoms with Gasteiger partial charge in [0, 0.05) is 16.2 Å². The van der Waals surface area contributed by atoms with Gasteiger partial charge in [-0.25, -0.2) is 0 Å². The topological polar surface area (TPSA) is 51.2 Å². The van der Waals surface area contributed by atoms with E-state index < -0.39 is 6.17 Å². The molecule has 10 aromatic rings. The van der Waals surface area contributed by atoms with Crippen molar-refractivity contribution in [2.24, 2.45) is 5.73 Å². The lowest BCUT2D eigenvalue weighted by Gasteiger charge is -2.24. The number of furan rings is 1.